The zero-order valence-electron chi connectivity index (χ0n) is 33.6. The number of nitrogens with one attached hydrogen (secondary N) is 2. The third kappa shape index (κ3) is 11.7. The fourth-order valence-corrected chi connectivity index (χ4v) is 10.1. The number of amides is 4. The molecule has 6 aliphatic rings. The number of anilines is 4. The van der Waals surface area contributed by atoms with Crippen molar-refractivity contribution in [1.82, 2.24) is 10.6 Å². The number of ether oxygens (including phenoxy) is 2. The Morgan fingerprint density at radius 3 is 1.60 bits per heavy atom. The number of thioether (sulfide) groups is 1. The molecule has 2 aromatic carbocycles. The highest BCUT2D eigenvalue weighted by molar-refractivity contribution is 7.99. The highest BCUT2D eigenvalue weighted by atomic mass is 35.5. The summed E-state index contributed by atoms with van der Waals surface area (Å²) in [6, 6.07) is 9.36. The van der Waals surface area contributed by atoms with Crippen molar-refractivity contribution in [3.63, 3.8) is 0 Å². The lowest BCUT2D eigenvalue weighted by Crippen LogP contribution is -2.40. The van der Waals surface area contributed by atoms with E-state index < -0.39 is 41.4 Å². The average molecular weight is 980 g/mol. The van der Waals surface area contributed by atoms with Gasteiger partial charge < -0.3 is 34.5 Å². The van der Waals surface area contributed by atoms with Gasteiger partial charge in [-0.1, -0.05) is 71.0 Å². The van der Waals surface area contributed by atoms with Crippen molar-refractivity contribution < 1.29 is 42.0 Å². The molecule has 4 amide bonds. The van der Waals surface area contributed by atoms with E-state index in [-0.39, 0.29) is 43.8 Å². The fourth-order valence-electron chi connectivity index (χ4n) is 7.34. The Morgan fingerprint density at radius 2 is 1.17 bits per heavy atom. The number of benzene rings is 2. The smallest absolute Gasteiger partial charge is 0.414 e. The maximum absolute atomic E-state index is 14.8. The Bertz CT molecular complexity index is 2300. The largest absolute Gasteiger partial charge is 0.616 e. The van der Waals surface area contributed by atoms with E-state index in [1.54, 1.807) is 36.4 Å². The van der Waals surface area contributed by atoms with Crippen LogP contribution in [0.15, 0.2) is 81.9 Å². The van der Waals surface area contributed by atoms with Gasteiger partial charge in [-0.05, 0) is 48.6 Å². The number of hydrogen-bond donors (Lipinski definition) is 2. The highest BCUT2D eigenvalue weighted by Gasteiger charge is 2.35. The van der Waals surface area contributed by atoms with Crippen LogP contribution in [0.25, 0.3) is 0 Å². The molecule has 2 N–H and O–H groups in total. The quantitative estimate of drug-likeness (QED) is 0.204. The number of nitrogens with zero attached hydrogens (tertiary/aromatic N) is 4. The fraction of sp³-hybridized carbons (Fsp3) is 0.381. The summed E-state index contributed by atoms with van der Waals surface area (Å²) in [4.78, 5) is 57.1. The van der Waals surface area contributed by atoms with Gasteiger partial charge in [0.2, 0.25) is 0 Å². The second-order valence-electron chi connectivity index (χ2n) is 14.9. The van der Waals surface area contributed by atoms with E-state index in [1.165, 1.54) is 34.1 Å². The lowest BCUT2D eigenvalue weighted by atomic mass is 10.0. The van der Waals surface area contributed by atoms with Gasteiger partial charge in [-0.25, -0.2) is 18.4 Å². The van der Waals surface area contributed by atoms with Crippen LogP contribution in [0, 0.1) is 11.6 Å². The van der Waals surface area contributed by atoms with Gasteiger partial charge in [0.05, 0.1) is 73.2 Å². The normalized spacial score (nSPS) is 21.7. The van der Waals surface area contributed by atoms with Crippen molar-refractivity contribution >= 4 is 127 Å². The van der Waals surface area contributed by atoms with Crippen LogP contribution >= 0.6 is 59.4 Å². The Labute approximate surface area is 391 Å². The van der Waals surface area contributed by atoms with E-state index in [1.807, 2.05) is 21.6 Å². The first-order valence-electron chi connectivity index (χ1n) is 20.0. The molecule has 2 aromatic rings. The molecule has 0 radical (unpaired) electrons. The van der Waals surface area contributed by atoms with Crippen LogP contribution in [0.1, 0.15) is 12.8 Å². The van der Waals surface area contributed by atoms with Gasteiger partial charge in [0.1, 0.15) is 35.3 Å². The molecule has 0 spiro atoms. The number of carbonyl (C=O) groups excluding carboxylic acids is 4. The van der Waals surface area contributed by atoms with E-state index in [0.29, 0.717) is 91.1 Å². The summed E-state index contributed by atoms with van der Waals surface area (Å²) in [5, 5.41) is 6.36. The predicted molar refractivity (Wildman–Crippen MR) is 252 cm³/mol. The highest BCUT2D eigenvalue weighted by Crippen LogP contribution is 2.31. The van der Waals surface area contributed by atoms with E-state index in [2.05, 4.69) is 10.6 Å². The van der Waals surface area contributed by atoms with Crippen molar-refractivity contribution in [2.45, 2.75) is 25.0 Å². The molecular weight excluding hydrogens is 938 g/mol. The van der Waals surface area contributed by atoms with Crippen LogP contribution in [0.4, 0.5) is 41.1 Å². The molecule has 0 aromatic heterocycles. The number of halogens is 4. The van der Waals surface area contributed by atoms with Gasteiger partial charge in [0, 0.05) is 57.2 Å². The van der Waals surface area contributed by atoms with Crippen molar-refractivity contribution in [3.05, 3.63) is 93.5 Å². The van der Waals surface area contributed by atoms with Crippen LogP contribution in [-0.4, -0.2) is 126 Å². The first-order valence-corrected chi connectivity index (χ1v) is 24.2. The third-order valence-electron chi connectivity index (χ3n) is 10.7. The molecule has 13 nitrogen and oxygen atoms in total. The lowest BCUT2D eigenvalue weighted by molar-refractivity contribution is -0.118. The summed E-state index contributed by atoms with van der Waals surface area (Å²) in [6.45, 7) is 3.24. The van der Waals surface area contributed by atoms with Crippen LogP contribution in [0.2, 0.25) is 0 Å². The van der Waals surface area contributed by atoms with Crippen LogP contribution in [-0.2, 0) is 30.2 Å². The summed E-state index contributed by atoms with van der Waals surface area (Å²) in [7, 11) is 0. The molecule has 2 aliphatic carbocycles. The molecule has 4 aliphatic heterocycles. The minimum absolute atomic E-state index is 0.0911. The van der Waals surface area contributed by atoms with Gasteiger partial charge >= 0.3 is 12.2 Å². The number of rotatable bonds is 10. The van der Waals surface area contributed by atoms with Crippen LogP contribution in [0.5, 0.6) is 0 Å². The molecule has 4 heterocycles. The number of allylic oxidation sites excluding steroid dienone is 6. The summed E-state index contributed by atoms with van der Waals surface area (Å²) in [5.74, 6) is 1.40. The molecule has 2 atom stereocenters. The van der Waals surface area contributed by atoms with Crippen molar-refractivity contribution in [2.24, 2.45) is 0 Å². The molecule has 334 valence electrons. The standard InChI is InChI=1S/C21H21ClFN3O4S2.C21H21ClFN3O3S2/c22-13-1-4-19(31)16(9-13)20(27)24-11-15-12-26(21(28)30-15)14-2-3-18(17(23)10-14)25-5-7-32(29)8-6-25;22-13-1-4-19(30)16(9-13)20(27)24-11-15-12-26(21(28)29-15)14-2-3-18(17(23)10-14)25-5-7-31-8-6-25/h1-3,9-10,15H,4-8,11-12H2,(H,24,27);1-3,9-10,15H,4-8,11-12H2,(H,24,27)/t2*15-/m00/s1. The Kier molecular flexibility index (Phi) is 15.7. The maximum atomic E-state index is 14.8. The second-order valence-corrected chi connectivity index (χ2v) is 19.7. The first kappa shape index (κ1) is 46.7. The van der Waals surface area contributed by atoms with Gasteiger partial charge in [0.15, 0.2) is 0 Å². The van der Waals surface area contributed by atoms with Crippen LogP contribution in [0.3, 0.4) is 0 Å². The lowest BCUT2D eigenvalue weighted by Gasteiger charge is -2.30. The second kappa shape index (κ2) is 21.2. The minimum Gasteiger partial charge on any atom is -0.616 e. The third-order valence-corrected chi connectivity index (χ3v) is 14.2. The van der Waals surface area contributed by atoms with Gasteiger partial charge in [-0.2, -0.15) is 11.8 Å². The summed E-state index contributed by atoms with van der Waals surface area (Å²) in [5.41, 5.74) is 2.44. The average Bonchev–Trinajstić information content (AvgIpc) is 3.85. The topological polar surface area (TPSA) is 147 Å². The van der Waals surface area contributed by atoms with Crippen molar-refractivity contribution in [1.29, 1.82) is 0 Å². The van der Waals surface area contributed by atoms with E-state index in [0.717, 1.165) is 24.6 Å². The summed E-state index contributed by atoms with van der Waals surface area (Å²) in [6.07, 6.45) is 5.06. The first-order chi connectivity index (χ1) is 30.2. The minimum atomic E-state index is -0.851. The predicted octanol–water partition coefficient (Wildman–Crippen LogP) is 6.30. The number of carbonyl (C=O) groups is 4. The number of thiocarbonyl (C=S) groups is 2. The Hall–Kier alpha value is -4.24. The number of hydrogen-bond acceptors (Lipinski definition) is 12. The molecule has 0 saturated carbocycles. The van der Waals surface area contributed by atoms with Crippen molar-refractivity contribution in [2.75, 3.05) is 95.0 Å². The summed E-state index contributed by atoms with van der Waals surface area (Å²) < 4.78 is 51.7. The van der Waals surface area contributed by atoms with E-state index in [4.69, 9.17) is 57.1 Å². The zero-order valence-corrected chi connectivity index (χ0v) is 38.4. The molecule has 63 heavy (non-hydrogen) atoms. The Morgan fingerprint density at radius 1 is 0.746 bits per heavy atom. The zero-order chi connectivity index (χ0) is 44.8. The molecule has 0 unspecified atom stereocenters. The monoisotopic (exact) mass is 978 g/mol. The van der Waals surface area contributed by atoms with Crippen molar-refractivity contribution in [3.8, 4) is 0 Å². The molecule has 0 bridgehead atoms. The van der Waals surface area contributed by atoms with Gasteiger partial charge in [0.25, 0.3) is 11.8 Å². The number of cyclic esters (lactones) is 2. The van der Waals surface area contributed by atoms with Gasteiger partial charge in [-0.3, -0.25) is 19.4 Å². The SMILES string of the molecule is O=C(NC[C@H]1CN(c2ccc(N3CCSCC3)c(F)c2)C(=O)O1)C1=CC(Cl)=CCC1=S.O=C(NC[C@H]1CN(c2ccc(N3CC[S+]([O-])CC3)c(F)c2)C(=O)O1)C1=CC(Cl)=CCC1=S. The van der Waals surface area contributed by atoms with Gasteiger partial charge in [-0.15, -0.1) is 0 Å². The van der Waals surface area contributed by atoms with Crippen LogP contribution < -0.4 is 30.2 Å². The van der Waals surface area contributed by atoms with E-state index in [9.17, 15) is 32.5 Å². The maximum Gasteiger partial charge on any atom is 0.414 e. The molecule has 8 rings (SSSR count). The molecule has 4 saturated heterocycles. The molecule has 21 heteroatoms. The molecular formula is C42H42Cl2F2N6O7S4. The van der Waals surface area contributed by atoms with E-state index >= 15 is 0 Å². The molecule has 4 fully saturated rings. The Balaban J connectivity index is 0.000000189. The summed E-state index contributed by atoms with van der Waals surface area (Å²) >= 11 is 23.3.